The molecule has 1 aromatic heterocycles. The van der Waals surface area contributed by atoms with E-state index >= 15 is 0 Å². The van der Waals surface area contributed by atoms with Gasteiger partial charge >= 0.3 is 5.76 Å². The van der Waals surface area contributed by atoms with E-state index < -0.39 is 5.76 Å². The minimum atomic E-state index is -0.634. The van der Waals surface area contributed by atoms with Gasteiger partial charge in [0.05, 0.1) is 6.54 Å². The quantitative estimate of drug-likeness (QED) is 0.683. The SMILES string of the molecule is Cc1cc(C(=O)Cn2c(-c3ccccc3)noc2=O)c(C)c(C)c1C. The maximum absolute atomic E-state index is 12.9. The average molecular weight is 336 g/mol. The Balaban J connectivity index is 2.01. The lowest BCUT2D eigenvalue weighted by molar-refractivity contribution is 0.0969. The van der Waals surface area contributed by atoms with E-state index in [0.717, 1.165) is 22.3 Å². The van der Waals surface area contributed by atoms with Crippen LogP contribution in [0.1, 0.15) is 32.6 Å². The minimum absolute atomic E-state index is 0.102. The first-order valence-corrected chi connectivity index (χ1v) is 8.12. The molecule has 0 saturated heterocycles. The van der Waals surface area contributed by atoms with Crippen LogP contribution in [-0.4, -0.2) is 15.5 Å². The van der Waals surface area contributed by atoms with Crippen molar-refractivity contribution in [3.8, 4) is 11.4 Å². The van der Waals surface area contributed by atoms with E-state index in [2.05, 4.69) is 5.16 Å². The Labute approximate surface area is 145 Å². The molecule has 0 bridgehead atoms. The van der Waals surface area contributed by atoms with E-state index in [1.807, 2.05) is 64.1 Å². The molecule has 0 amide bonds. The maximum Gasteiger partial charge on any atom is 0.442 e. The number of Topliss-reactive ketones (excluding diaryl/α,β-unsaturated/α-hetero) is 1. The Morgan fingerprint density at radius 3 is 2.40 bits per heavy atom. The second-order valence-corrected chi connectivity index (χ2v) is 6.26. The third-order valence-electron chi connectivity index (χ3n) is 4.80. The smallest absolute Gasteiger partial charge is 0.295 e. The highest BCUT2D eigenvalue weighted by Crippen LogP contribution is 2.22. The third kappa shape index (κ3) is 3.05. The van der Waals surface area contributed by atoms with Gasteiger partial charge in [0.25, 0.3) is 0 Å². The molecule has 0 N–H and O–H groups in total. The highest BCUT2D eigenvalue weighted by atomic mass is 16.5. The Bertz CT molecular complexity index is 998. The largest absolute Gasteiger partial charge is 0.442 e. The summed E-state index contributed by atoms with van der Waals surface area (Å²) in [4.78, 5) is 24.9. The number of nitrogens with zero attached hydrogens (tertiary/aromatic N) is 2. The van der Waals surface area contributed by atoms with Crippen LogP contribution in [-0.2, 0) is 6.54 Å². The third-order valence-corrected chi connectivity index (χ3v) is 4.80. The topological polar surface area (TPSA) is 65.1 Å². The summed E-state index contributed by atoms with van der Waals surface area (Å²) >= 11 is 0. The van der Waals surface area contributed by atoms with Gasteiger partial charge in [0.2, 0.25) is 0 Å². The van der Waals surface area contributed by atoms with Gasteiger partial charge in [-0.15, -0.1) is 0 Å². The van der Waals surface area contributed by atoms with Gasteiger partial charge in [-0.25, -0.2) is 9.36 Å². The van der Waals surface area contributed by atoms with Gasteiger partial charge in [-0.1, -0.05) is 35.5 Å². The van der Waals surface area contributed by atoms with Gasteiger partial charge in [0, 0.05) is 11.1 Å². The molecular formula is C20H20N2O3. The van der Waals surface area contributed by atoms with Crippen LogP contribution >= 0.6 is 0 Å². The highest BCUT2D eigenvalue weighted by molar-refractivity contribution is 5.98. The fraction of sp³-hybridized carbons (Fsp3) is 0.250. The van der Waals surface area contributed by atoms with Crippen molar-refractivity contribution < 1.29 is 9.32 Å². The molecule has 0 spiro atoms. The molecule has 2 aromatic carbocycles. The summed E-state index contributed by atoms with van der Waals surface area (Å²) in [5.41, 5.74) is 5.65. The molecule has 0 fully saturated rings. The normalized spacial score (nSPS) is 10.9. The molecule has 1 heterocycles. The van der Waals surface area contributed by atoms with Crippen LogP contribution in [0.2, 0.25) is 0 Å². The molecule has 3 aromatic rings. The fourth-order valence-electron chi connectivity index (χ4n) is 2.93. The van der Waals surface area contributed by atoms with Crippen molar-refractivity contribution in [3.63, 3.8) is 0 Å². The number of hydrogen-bond donors (Lipinski definition) is 0. The van der Waals surface area contributed by atoms with Crippen LogP contribution in [0.4, 0.5) is 0 Å². The van der Waals surface area contributed by atoms with Gasteiger partial charge < -0.3 is 0 Å². The van der Waals surface area contributed by atoms with Crippen LogP contribution in [0.25, 0.3) is 11.4 Å². The zero-order chi connectivity index (χ0) is 18.1. The van der Waals surface area contributed by atoms with Crippen molar-refractivity contribution in [1.29, 1.82) is 0 Å². The van der Waals surface area contributed by atoms with Crippen LogP contribution in [0.3, 0.4) is 0 Å². The minimum Gasteiger partial charge on any atom is -0.295 e. The number of rotatable bonds is 4. The van der Waals surface area contributed by atoms with E-state index in [4.69, 9.17) is 4.52 Å². The molecule has 3 rings (SSSR count). The van der Waals surface area contributed by atoms with Gasteiger partial charge in [-0.05, 0) is 56.0 Å². The molecule has 0 aliphatic heterocycles. The molecule has 0 radical (unpaired) electrons. The molecule has 0 atom stereocenters. The van der Waals surface area contributed by atoms with E-state index in [-0.39, 0.29) is 12.3 Å². The monoisotopic (exact) mass is 336 g/mol. The maximum atomic E-state index is 12.9. The van der Waals surface area contributed by atoms with E-state index in [1.165, 1.54) is 10.1 Å². The van der Waals surface area contributed by atoms with Crippen molar-refractivity contribution in [1.82, 2.24) is 9.72 Å². The number of benzene rings is 2. The zero-order valence-electron chi connectivity index (χ0n) is 14.8. The highest BCUT2D eigenvalue weighted by Gasteiger charge is 2.19. The second kappa shape index (κ2) is 6.51. The van der Waals surface area contributed by atoms with Crippen molar-refractivity contribution in [2.45, 2.75) is 34.2 Å². The molecule has 0 unspecified atom stereocenters. The van der Waals surface area contributed by atoms with Crippen molar-refractivity contribution in [2.24, 2.45) is 0 Å². The first-order chi connectivity index (χ1) is 11.9. The molecule has 128 valence electrons. The lowest BCUT2D eigenvalue weighted by Gasteiger charge is -2.13. The second-order valence-electron chi connectivity index (χ2n) is 6.26. The lowest BCUT2D eigenvalue weighted by Crippen LogP contribution is -2.22. The molecular weight excluding hydrogens is 316 g/mol. The van der Waals surface area contributed by atoms with Crippen LogP contribution in [0, 0.1) is 27.7 Å². The van der Waals surface area contributed by atoms with E-state index in [9.17, 15) is 9.59 Å². The summed E-state index contributed by atoms with van der Waals surface area (Å²) in [7, 11) is 0. The Kier molecular flexibility index (Phi) is 4.40. The van der Waals surface area contributed by atoms with Crippen molar-refractivity contribution >= 4 is 5.78 Å². The summed E-state index contributed by atoms with van der Waals surface area (Å²) < 4.78 is 6.07. The van der Waals surface area contributed by atoms with Crippen LogP contribution < -0.4 is 5.76 Å². The average Bonchev–Trinajstić information content (AvgIpc) is 2.97. The zero-order valence-corrected chi connectivity index (χ0v) is 14.8. The Hall–Kier alpha value is -2.95. The molecule has 0 aliphatic carbocycles. The van der Waals surface area contributed by atoms with Gasteiger partial charge in [0.1, 0.15) is 0 Å². The summed E-state index contributed by atoms with van der Waals surface area (Å²) in [6.07, 6.45) is 0. The Morgan fingerprint density at radius 2 is 1.72 bits per heavy atom. The standard InChI is InChI=1S/C20H20N2O3/c1-12-10-17(15(4)14(3)13(12)2)18(23)11-22-19(21-25-20(22)24)16-8-6-5-7-9-16/h5-10H,11H2,1-4H3. The number of carbonyl (C=O) groups excluding carboxylic acids is 1. The van der Waals surface area contributed by atoms with Gasteiger partial charge in [-0.3, -0.25) is 9.32 Å². The molecule has 25 heavy (non-hydrogen) atoms. The summed E-state index contributed by atoms with van der Waals surface area (Å²) in [6, 6.07) is 11.1. The number of aryl methyl sites for hydroxylation is 1. The fourth-order valence-corrected chi connectivity index (χ4v) is 2.93. The number of ketones is 1. The molecule has 0 saturated carbocycles. The van der Waals surface area contributed by atoms with E-state index in [1.54, 1.807) is 0 Å². The van der Waals surface area contributed by atoms with Crippen LogP contribution in [0.15, 0.2) is 45.7 Å². The van der Waals surface area contributed by atoms with Crippen molar-refractivity contribution in [2.75, 3.05) is 0 Å². The molecule has 5 heteroatoms. The predicted molar refractivity (Wildman–Crippen MR) is 95.9 cm³/mol. The first kappa shape index (κ1) is 16.9. The molecule has 5 nitrogen and oxygen atoms in total. The Morgan fingerprint density at radius 1 is 1.04 bits per heavy atom. The lowest BCUT2D eigenvalue weighted by atomic mass is 9.92. The summed E-state index contributed by atoms with van der Waals surface area (Å²) in [5, 5.41) is 3.83. The number of hydrogen-bond acceptors (Lipinski definition) is 4. The van der Waals surface area contributed by atoms with Crippen LogP contribution in [0.5, 0.6) is 0 Å². The molecule has 0 aliphatic rings. The summed E-state index contributed by atoms with van der Waals surface area (Å²) in [6.45, 7) is 7.87. The first-order valence-electron chi connectivity index (χ1n) is 8.12. The van der Waals surface area contributed by atoms with E-state index in [0.29, 0.717) is 11.4 Å². The number of aromatic nitrogens is 2. The summed E-state index contributed by atoms with van der Waals surface area (Å²) in [5.74, 6) is -0.409. The van der Waals surface area contributed by atoms with Gasteiger partial charge in [-0.2, -0.15) is 0 Å². The van der Waals surface area contributed by atoms with Crippen molar-refractivity contribution in [3.05, 3.63) is 74.8 Å². The predicted octanol–water partition coefficient (Wildman–Crippen LogP) is 3.62. The van der Waals surface area contributed by atoms with Gasteiger partial charge in [0.15, 0.2) is 11.6 Å². The number of carbonyl (C=O) groups is 1.